The molecule has 0 heterocycles. The number of hydrogen-bond acceptors (Lipinski definition) is 3. The summed E-state index contributed by atoms with van der Waals surface area (Å²) in [7, 11) is -3.97. The van der Waals surface area contributed by atoms with Gasteiger partial charge in [0, 0.05) is 16.7 Å². The lowest BCUT2D eigenvalue weighted by Crippen LogP contribution is -2.24. The third-order valence-corrected chi connectivity index (χ3v) is 4.99. The van der Waals surface area contributed by atoms with Gasteiger partial charge in [-0.3, -0.25) is 0 Å². The number of nitrogen functional groups attached to an aromatic ring is 1. The second kappa shape index (κ2) is 6.13. The van der Waals surface area contributed by atoms with Gasteiger partial charge in [-0.25, -0.2) is 17.5 Å². The van der Waals surface area contributed by atoms with E-state index in [0.717, 1.165) is 23.3 Å². The number of rotatable bonds is 4. The van der Waals surface area contributed by atoms with Crippen molar-refractivity contribution in [2.45, 2.75) is 18.4 Å². The molecule has 0 unspecified atom stereocenters. The number of nitrogens with two attached hydrogens (primary N) is 1. The number of anilines is 1. The molecule has 0 saturated carbocycles. The molecule has 7 heteroatoms. The van der Waals surface area contributed by atoms with Crippen molar-refractivity contribution in [2.75, 3.05) is 5.73 Å². The highest BCUT2D eigenvalue weighted by atomic mass is 79.9. The lowest BCUT2D eigenvalue weighted by molar-refractivity contribution is 0.556. The maximum absolute atomic E-state index is 13.8. The van der Waals surface area contributed by atoms with Crippen LogP contribution in [0.1, 0.15) is 11.1 Å². The average molecular weight is 373 g/mol. The number of aryl methyl sites for hydroxylation is 1. The molecule has 2 aromatic carbocycles. The highest BCUT2D eigenvalue weighted by molar-refractivity contribution is 9.10. The van der Waals surface area contributed by atoms with Crippen LogP contribution in [0.2, 0.25) is 0 Å². The van der Waals surface area contributed by atoms with Crippen molar-refractivity contribution < 1.29 is 12.8 Å². The standard InChI is InChI=1S/C14H14BrFN2O2S/c1-9-3-2-4-10(5-9)8-18-21(19,20)14-7-13(17)11(15)6-12(14)16/h2-7,18H,8,17H2,1H3. The van der Waals surface area contributed by atoms with Gasteiger partial charge in [-0.1, -0.05) is 29.8 Å². The average Bonchev–Trinajstić information content (AvgIpc) is 2.41. The molecule has 0 spiro atoms. The van der Waals surface area contributed by atoms with Gasteiger partial charge in [-0.05, 0) is 40.5 Å². The van der Waals surface area contributed by atoms with E-state index in [1.165, 1.54) is 0 Å². The van der Waals surface area contributed by atoms with E-state index < -0.39 is 20.7 Å². The van der Waals surface area contributed by atoms with E-state index in [4.69, 9.17) is 5.73 Å². The maximum Gasteiger partial charge on any atom is 0.243 e. The molecular weight excluding hydrogens is 359 g/mol. The molecule has 0 aromatic heterocycles. The van der Waals surface area contributed by atoms with Crippen LogP contribution in [0.25, 0.3) is 0 Å². The molecular formula is C14H14BrFN2O2S. The molecule has 4 nitrogen and oxygen atoms in total. The minimum atomic E-state index is -3.97. The number of benzene rings is 2. The summed E-state index contributed by atoms with van der Waals surface area (Å²) in [5.41, 5.74) is 7.58. The van der Waals surface area contributed by atoms with Gasteiger partial charge in [0.25, 0.3) is 0 Å². The van der Waals surface area contributed by atoms with E-state index in [0.29, 0.717) is 4.47 Å². The number of sulfonamides is 1. The number of halogens is 2. The Kier molecular flexibility index (Phi) is 4.65. The first-order chi connectivity index (χ1) is 9.79. The summed E-state index contributed by atoms with van der Waals surface area (Å²) in [5.74, 6) is -0.854. The number of nitrogens with one attached hydrogen (secondary N) is 1. The van der Waals surface area contributed by atoms with E-state index >= 15 is 0 Å². The highest BCUT2D eigenvalue weighted by Crippen LogP contribution is 2.26. The van der Waals surface area contributed by atoms with E-state index in [9.17, 15) is 12.8 Å². The Hall–Kier alpha value is -1.44. The summed E-state index contributed by atoms with van der Waals surface area (Å²) >= 11 is 3.05. The first kappa shape index (κ1) is 15.9. The minimum absolute atomic E-state index is 0.0828. The summed E-state index contributed by atoms with van der Waals surface area (Å²) < 4.78 is 40.8. The predicted octanol–water partition coefficient (Wildman–Crippen LogP) is 2.96. The van der Waals surface area contributed by atoms with E-state index in [2.05, 4.69) is 20.7 Å². The molecule has 0 fully saturated rings. The van der Waals surface area contributed by atoms with Crippen molar-refractivity contribution in [3.05, 3.63) is 57.8 Å². The third kappa shape index (κ3) is 3.81. The SMILES string of the molecule is Cc1cccc(CNS(=O)(=O)c2cc(N)c(Br)cc2F)c1. The molecule has 112 valence electrons. The van der Waals surface area contributed by atoms with Crippen molar-refractivity contribution in [1.82, 2.24) is 4.72 Å². The topological polar surface area (TPSA) is 72.2 Å². The van der Waals surface area contributed by atoms with Crippen molar-refractivity contribution >= 4 is 31.6 Å². The van der Waals surface area contributed by atoms with Crippen molar-refractivity contribution in [3.8, 4) is 0 Å². The van der Waals surface area contributed by atoms with Crippen LogP contribution in [-0.2, 0) is 16.6 Å². The van der Waals surface area contributed by atoms with E-state index in [1.54, 1.807) is 6.07 Å². The number of hydrogen-bond donors (Lipinski definition) is 2. The molecule has 21 heavy (non-hydrogen) atoms. The van der Waals surface area contributed by atoms with Crippen molar-refractivity contribution in [2.24, 2.45) is 0 Å². The fourth-order valence-electron chi connectivity index (χ4n) is 1.83. The summed E-state index contributed by atoms with van der Waals surface area (Å²) in [6.07, 6.45) is 0. The van der Waals surface area contributed by atoms with Gasteiger partial charge >= 0.3 is 0 Å². The Morgan fingerprint density at radius 3 is 2.67 bits per heavy atom. The highest BCUT2D eigenvalue weighted by Gasteiger charge is 2.20. The summed E-state index contributed by atoms with van der Waals surface area (Å²) in [4.78, 5) is -0.462. The second-order valence-electron chi connectivity index (χ2n) is 4.62. The Balaban J connectivity index is 2.25. The zero-order chi connectivity index (χ0) is 15.6. The Bertz CT molecular complexity index is 779. The first-order valence-electron chi connectivity index (χ1n) is 6.09. The minimum Gasteiger partial charge on any atom is -0.398 e. The molecule has 0 radical (unpaired) electrons. The molecule has 2 rings (SSSR count). The van der Waals surface area contributed by atoms with Crippen LogP contribution in [0.5, 0.6) is 0 Å². The first-order valence-corrected chi connectivity index (χ1v) is 8.37. The lowest BCUT2D eigenvalue weighted by atomic mass is 10.1. The zero-order valence-corrected chi connectivity index (χ0v) is 13.6. The fraction of sp³-hybridized carbons (Fsp3) is 0.143. The van der Waals surface area contributed by atoms with Crippen molar-refractivity contribution in [1.29, 1.82) is 0 Å². The molecule has 0 aliphatic heterocycles. The smallest absolute Gasteiger partial charge is 0.243 e. The van der Waals surface area contributed by atoms with Gasteiger partial charge in [0.2, 0.25) is 10.0 Å². The van der Waals surface area contributed by atoms with Gasteiger partial charge in [0.05, 0.1) is 0 Å². The second-order valence-corrected chi connectivity index (χ2v) is 7.21. The van der Waals surface area contributed by atoms with Crippen LogP contribution in [-0.4, -0.2) is 8.42 Å². The molecule has 3 N–H and O–H groups in total. The predicted molar refractivity (Wildman–Crippen MR) is 83.7 cm³/mol. The van der Waals surface area contributed by atoms with Crippen molar-refractivity contribution in [3.63, 3.8) is 0 Å². The van der Waals surface area contributed by atoms with Gasteiger partial charge in [0.15, 0.2) is 0 Å². The van der Waals surface area contributed by atoms with E-state index in [1.807, 2.05) is 25.1 Å². The van der Waals surface area contributed by atoms with Gasteiger partial charge in [-0.15, -0.1) is 0 Å². The van der Waals surface area contributed by atoms with Gasteiger partial charge < -0.3 is 5.73 Å². The largest absolute Gasteiger partial charge is 0.398 e. The molecule has 0 aliphatic rings. The van der Waals surface area contributed by atoms with Gasteiger partial charge in [0.1, 0.15) is 10.7 Å². The normalized spacial score (nSPS) is 11.6. The zero-order valence-electron chi connectivity index (χ0n) is 11.2. The van der Waals surface area contributed by atoms with Crippen LogP contribution in [0.4, 0.5) is 10.1 Å². The Labute approximate surface area is 131 Å². The van der Waals surface area contributed by atoms with E-state index in [-0.39, 0.29) is 12.2 Å². The van der Waals surface area contributed by atoms with Crippen LogP contribution in [0, 0.1) is 12.7 Å². The molecule has 0 saturated heterocycles. The molecule has 0 atom stereocenters. The summed E-state index contributed by atoms with van der Waals surface area (Å²) in [6.45, 7) is 1.99. The summed E-state index contributed by atoms with van der Waals surface area (Å²) in [5, 5.41) is 0. The van der Waals surface area contributed by atoms with Gasteiger partial charge in [-0.2, -0.15) is 0 Å². The quantitative estimate of drug-likeness (QED) is 0.810. The maximum atomic E-state index is 13.8. The molecule has 0 bridgehead atoms. The monoisotopic (exact) mass is 372 g/mol. The molecule has 0 aliphatic carbocycles. The Morgan fingerprint density at radius 1 is 1.29 bits per heavy atom. The molecule has 2 aromatic rings. The Morgan fingerprint density at radius 2 is 2.00 bits per heavy atom. The third-order valence-electron chi connectivity index (χ3n) is 2.89. The molecule has 0 amide bonds. The van der Waals surface area contributed by atoms with Crippen LogP contribution >= 0.6 is 15.9 Å². The van der Waals surface area contributed by atoms with Crippen LogP contribution in [0.3, 0.4) is 0 Å². The summed E-state index contributed by atoms with van der Waals surface area (Å²) in [6, 6.07) is 9.52. The lowest BCUT2D eigenvalue weighted by Gasteiger charge is -2.10. The van der Waals surface area contributed by atoms with Crippen LogP contribution < -0.4 is 10.5 Å². The fourth-order valence-corrected chi connectivity index (χ4v) is 3.25. The van der Waals surface area contributed by atoms with Crippen LogP contribution in [0.15, 0.2) is 45.8 Å².